The van der Waals surface area contributed by atoms with Crippen molar-refractivity contribution in [2.24, 2.45) is 0 Å². The highest BCUT2D eigenvalue weighted by Gasteiger charge is 2.30. The number of amides is 1. The first kappa shape index (κ1) is 17.7. The molecule has 5 heteroatoms. The zero-order valence-corrected chi connectivity index (χ0v) is 14.3. The van der Waals surface area contributed by atoms with Crippen LogP contribution in [0.2, 0.25) is 0 Å². The third kappa shape index (κ3) is 5.20. The van der Waals surface area contributed by atoms with Gasteiger partial charge >= 0.3 is 0 Å². The van der Waals surface area contributed by atoms with E-state index in [4.69, 9.17) is 0 Å². The SMILES string of the molecule is CCCC(O)(CCC)CC(=O)NC1CCN(c2ccccn2)C1. The maximum atomic E-state index is 12.3. The summed E-state index contributed by atoms with van der Waals surface area (Å²) in [4.78, 5) is 18.8. The summed E-state index contributed by atoms with van der Waals surface area (Å²) in [6, 6.07) is 6.01. The molecule has 1 aliphatic rings. The number of rotatable bonds is 8. The fourth-order valence-electron chi connectivity index (χ4n) is 3.44. The molecule has 0 saturated carbocycles. The minimum atomic E-state index is -0.854. The molecule has 1 atom stereocenters. The Morgan fingerprint density at radius 2 is 2.13 bits per heavy atom. The van der Waals surface area contributed by atoms with Crippen molar-refractivity contribution < 1.29 is 9.90 Å². The lowest BCUT2D eigenvalue weighted by Crippen LogP contribution is -2.42. The summed E-state index contributed by atoms with van der Waals surface area (Å²) in [6.07, 6.45) is 6.05. The lowest BCUT2D eigenvalue weighted by atomic mass is 9.89. The van der Waals surface area contributed by atoms with Gasteiger partial charge in [0, 0.05) is 25.3 Å². The van der Waals surface area contributed by atoms with Crippen LogP contribution in [0.5, 0.6) is 0 Å². The van der Waals surface area contributed by atoms with E-state index in [1.54, 1.807) is 6.20 Å². The van der Waals surface area contributed by atoms with Gasteiger partial charge in [-0.3, -0.25) is 4.79 Å². The number of carbonyl (C=O) groups is 1. The highest BCUT2D eigenvalue weighted by Crippen LogP contribution is 2.24. The van der Waals surface area contributed by atoms with E-state index in [1.165, 1.54) is 0 Å². The van der Waals surface area contributed by atoms with E-state index in [-0.39, 0.29) is 18.4 Å². The lowest BCUT2D eigenvalue weighted by molar-refractivity contribution is -0.127. The van der Waals surface area contributed by atoms with Crippen molar-refractivity contribution in [2.45, 2.75) is 64.0 Å². The van der Waals surface area contributed by atoms with E-state index >= 15 is 0 Å². The molecule has 5 nitrogen and oxygen atoms in total. The van der Waals surface area contributed by atoms with Gasteiger partial charge in [-0.15, -0.1) is 0 Å². The summed E-state index contributed by atoms with van der Waals surface area (Å²) in [7, 11) is 0. The topological polar surface area (TPSA) is 65.5 Å². The Bertz CT molecular complexity index is 486. The van der Waals surface area contributed by atoms with Gasteiger partial charge in [-0.1, -0.05) is 32.8 Å². The number of hydrogen-bond acceptors (Lipinski definition) is 4. The van der Waals surface area contributed by atoms with Crippen molar-refractivity contribution in [1.82, 2.24) is 10.3 Å². The zero-order chi connectivity index (χ0) is 16.7. The van der Waals surface area contributed by atoms with Gasteiger partial charge in [-0.2, -0.15) is 0 Å². The van der Waals surface area contributed by atoms with E-state index < -0.39 is 5.60 Å². The summed E-state index contributed by atoms with van der Waals surface area (Å²) in [5.41, 5.74) is -0.854. The second kappa shape index (κ2) is 8.29. The maximum Gasteiger partial charge on any atom is 0.223 e. The van der Waals surface area contributed by atoms with E-state index in [0.29, 0.717) is 12.8 Å². The molecule has 0 spiro atoms. The number of aliphatic hydroxyl groups is 1. The Labute approximate surface area is 139 Å². The van der Waals surface area contributed by atoms with Crippen molar-refractivity contribution in [2.75, 3.05) is 18.0 Å². The van der Waals surface area contributed by atoms with Gasteiger partial charge in [0.1, 0.15) is 5.82 Å². The number of hydrogen-bond donors (Lipinski definition) is 2. The summed E-state index contributed by atoms with van der Waals surface area (Å²) in [6.45, 7) is 5.76. The molecule has 2 heterocycles. The van der Waals surface area contributed by atoms with E-state index in [1.807, 2.05) is 32.0 Å². The standard InChI is InChI=1S/C18H29N3O2/c1-3-9-18(23,10-4-2)13-17(22)20-15-8-12-21(14-15)16-7-5-6-11-19-16/h5-7,11,15,23H,3-4,8-10,12-14H2,1-2H3,(H,20,22). The molecule has 0 aliphatic carbocycles. The Morgan fingerprint density at radius 1 is 1.39 bits per heavy atom. The van der Waals surface area contributed by atoms with Crippen LogP contribution < -0.4 is 10.2 Å². The monoisotopic (exact) mass is 319 g/mol. The predicted octanol–water partition coefficient (Wildman–Crippen LogP) is 2.50. The molecule has 0 aromatic carbocycles. The smallest absolute Gasteiger partial charge is 0.223 e. The summed E-state index contributed by atoms with van der Waals surface area (Å²) in [5, 5.41) is 13.7. The van der Waals surface area contributed by atoms with Crippen LogP contribution in [0, 0.1) is 0 Å². The average molecular weight is 319 g/mol. The van der Waals surface area contributed by atoms with E-state index in [9.17, 15) is 9.90 Å². The number of nitrogens with one attached hydrogen (secondary N) is 1. The third-order valence-corrected chi connectivity index (χ3v) is 4.45. The van der Waals surface area contributed by atoms with Crippen LogP contribution in [0.15, 0.2) is 24.4 Å². The van der Waals surface area contributed by atoms with Crippen molar-refractivity contribution >= 4 is 11.7 Å². The molecule has 1 amide bonds. The first-order valence-electron chi connectivity index (χ1n) is 8.74. The van der Waals surface area contributed by atoms with Gasteiger partial charge < -0.3 is 15.3 Å². The quantitative estimate of drug-likeness (QED) is 0.773. The van der Waals surface area contributed by atoms with Gasteiger partial charge in [0.2, 0.25) is 5.91 Å². The second-order valence-corrected chi connectivity index (χ2v) is 6.59. The van der Waals surface area contributed by atoms with Crippen LogP contribution in [0.4, 0.5) is 5.82 Å². The second-order valence-electron chi connectivity index (χ2n) is 6.59. The van der Waals surface area contributed by atoms with Crippen LogP contribution in [0.1, 0.15) is 52.4 Å². The fraction of sp³-hybridized carbons (Fsp3) is 0.667. The highest BCUT2D eigenvalue weighted by atomic mass is 16.3. The minimum absolute atomic E-state index is 0.0396. The zero-order valence-electron chi connectivity index (χ0n) is 14.3. The molecule has 1 unspecified atom stereocenters. The molecule has 1 saturated heterocycles. The Morgan fingerprint density at radius 3 is 2.74 bits per heavy atom. The number of aromatic nitrogens is 1. The molecule has 2 rings (SSSR count). The third-order valence-electron chi connectivity index (χ3n) is 4.45. The molecular weight excluding hydrogens is 290 g/mol. The van der Waals surface area contributed by atoms with Crippen LogP contribution in [-0.4, -0.2) is 40.7 Å². The van der Waals surface area contributed by atoms with Crippen LogP contribution in [0.25, 0.3) is 0 Å². The van der Waals surface area contributed by atoms with Crippen LogP contribution >= 0.6 is 0 Å². The summed E-state index contributed by atoms with van der Waals surface area (Å²) >= 11 is 0. The molecule has 23 heavy (non-hydrogen) atoms. The molecule has 1 aromatic rings. The van der Waals surface area contributed by atoms with E-state index in [0.717, 1.165) is 38.2 Å². The van der Waals surface area contributed by atoms with Crippen molar-refractivity contribution in [3.05, 3.63) is 24.4 Å². The van der Waals surface area contributed by atoms with E-state index in [2.05, 4.69) is 15.2 Å². The summed E-state index contributed by atoms with van der Waals surface area (Å²) in [5.74, 6) is 0.917. The first-order chi connectivity index (χ1) is 11.1. The van der Waals surface area contributed by atoms with Crippen molar-refractivity contribution in [3.8, 4) is 0 Å². The van der Waals surface area contributed by atoms with Gasteiger partial charge in [-0.25, -0.2) is 4.98 Å². The summed E-state index contributed by atoms with van der Waals surface area (Å²) < 4.78 is 0. The van der Waals surface area contributed by atoms with Crippen LogP contribution in [-0.2, 0) is 4.79 Å². The average Bonchev–Trinajstić information content (AvgIpc) is 2.96. The predicted molar refractivity (Wildman–Crippen MR) is 92.4 cm³/mol. The number of nitrogens with zero attached hydrogens (tertiary/aromatic N) is 2. The molecule has 1 fully saturated rings. The van der Waals surface area contributed by atoms with Gasteiger partial charge in [-0.05, 0) is 31.4 Å². The fourth-order valence-corrected chi connectivity index (χ4v) is 3.44. The molecule has 1 aromatic heterocycles. The number of pyridine rings is 1. The van der Waals surface area contributed by atoms with Gasteiger partial charge in [0.15, 0.2) is 0 Å². The minimum Gasteiger partial charge on any atom is -0.389 e. The molecular formula is C18H29N3O2. The maximum absolute atomic E-state index is 12.3. The van der Waals surface area contributed by atoms with Crippen molar-refractivity contribution in [1.29, 1.82) is 0 Å². The Kier molecular flexibility index (Phi) is 6.39. The number of anilines is 1. The molecule has 128 valence electrons. The van der Waals surface area contributed by atoms with Crippen LogP contribution in [0.3, 0.4) is 0 Å². The number of carbonyl (C=O) groups excluding carboxylic acids is 1. The van der Waals surface area contributed by atoms with Crippen molar-refractivity contribution in [3.63, 3.8) is 0 Å². The first-order valence-corrected chi connectivity index (χ1v) is 8.74. The molecule has 1 aliphatic heterocycles. The Hall–Kier alpha value is -1.62. The molecule has 2 N–H and O–H groups in total. The molecule has 0 radical (unpaired) electrons. The Balaban J connectivity index is 1.84. The van der Waals surface area contributed by atoms with Gasteiger partial charge in [0.05, 0.1) is 12.0 Å². The lowest BCUT2D eigenvalue weighted by Gasteiger charge is -2.27. The molecule has 0 bridgehead atoms. The van der Waals surface area contributed by atoms with Gasteiger partial charge in [0.25, 0.3) is 0 Å². The highest BCUT2D eigenvalue weighted by molar-refractivity contribution is 5.77. The largest absolute Gasteiger partial charge is 0.389 e. The normalized spacial score (nSPS) is 18.2.